The minimum absolute atomic E-state index is 0.114. The lowest BCUT2D eigenvalue weighted by atomic mass is 10.1. The van der Waals surface area contributed by atoms with Crippen LogP contribution in [0.3, 0.4) is 0 Å². The molecule has 0 bridgehead atoms. The van der Waals surface area contributed by atoms with Crippen LogP contribution in [-0.2, 0) is 11.3 Å². The molecular formula is C23H18FN3O5. The van der Waals surface area contributed by atoms with Crippen molar-refractivity contribution >= 4 is 28.9 Å². The second-order valence-electron chi connectivity index (χ2n) is 7.25. The predicted octanol–water partition coefficient (Wildman–Crippen LogP) is 4.30. The van der Waals surface area contributed by atoms with Gasteiger partial charge in [-0.25, -0.2) is 4.39 Å². The van der Waals surface area contributed by atoms with Gasteiger partial charge in [-0.3, -0.25) is 19.7 Å². The van der Waals surface area contributed by atoms with E-state index in [1.165, 1.54) is 41.3 Å². The topological polar surface area (TPSA) is 102 Å². The zero-order chi connectivity index (χ0) is 22.8. The van der Waals surface area contributed by atoms with Gasteiger partial charge >= 0.3 is 0 Å². The highest BCUT2D eigenvalue weighted by atomic mass is 19.1. The Kier molecular flexibility index (Phi) is 5.55. The van der Waals surface area contributed by atoms with Gasteiger partial charge in [0.05, 0.1) is 17.2 Å². The van der Waals surface area contributed by atoms with Gasteiger partial charge < -0.3 is 15.0 Å². The quantitative estimate of drug-likeness (QED) is 0.476. The first kappa shape index (κ1) is 21.0. The predicted molar refractivity (Wildman–Crippen MR) is 115 cm³/mol. The molecule has 0 fully saturated rings. The molecule has 2 amide bonds. The first-order valence-electron chi connectivity index (χ1n) is 9.74. The normalized spacial score (nSPS) is 15.0. The number of hydrogen-bond acceptors (Lipinski definition) is 5. The molecule has 162 valence electrons. The molecule has 0 saturated carbocycles. The third-order valence-electron chi connectivity index (χ3n) is 5.02. The monoisotopic (exact) mass is 435 g/mol. The Morgan fingerprint density at radius 2 is 1.81 bits per heavy atom. The van der Waals surface area contributed by atoms with Crippen LogP contribution in [0.2, 0.25) is 0 Å². The third kappa shape index (κ3) is 4.27. The van der Waals surface area contributed by atoms with Crippen molar-refractivity contribution < 1.29 is 23.6 Å². The van der Waals surface area contributed by atoms with Gasteiger partial charge in [-0.15, -0.1) is 0 Å². The van der Waals surface area contributed by atoms with E-state index in [0.29, 0.717) is 17.1 Å². The van der Waals surface area contributed by atoms with Crippen LogP contribution in [0.15, 0.2) is 66.7 Å². The second kappa shape index (κ2) is 8.46. The molecule has 1 heterocycles. The zero-order valence-electron chi connectivity index (χ0n) is 16.9. The lowest BCUT2D eigenvalue weighted by Gasteiger charge is -2.33. The zero-order valence-corrected chi connectivity index (χ0v) is 16.9. The summed E-state index contributed by atoms with van der Waals surface area (Å²) in [5, 5.41) is 13.5. The summed E-state index contributed by atoms with van der Waals surface area (Å²) in [6.07, 6.45) is -0.691. The van der Waals surface area contributed by atoms with Gasteiger partial charge in [0.15, 0.2) is 6.10 Å². The Morgan fingerprint density at radius 1 is 1.12 bits per heavy atom. The van der Waals surface area contributed by atoms with E-state index in [1.54, 1.807) is 37.3 Å². The molecule has 1 unspecified atom stereocenters. The highest BCUT2D eigenvalue weighted by molar-refractivity contribution is 6.05. The maximum Gasteiger partial charge on any atom is 0.269 e. The standard InChI is InChI=1S/C23H18FN3O5/c1-14-23(29)26(13-15-2-6-17(24)7-3-15)20-12-18(8-11-21(20)32-14)25-22(28)16-4-9-19(10-5-16)27(30)31/h2-12,14H,13H2,1H3,(H,25,28). The molecule has 1 atom stereocenters. The number of non-ortho nitro benzene ring substituents is 1. The van der Waals surface area contributed by atoms with Crippen molar-refractivity contribution in [1.29, 1.82) is 0 Å². The summed E-state index contributed by atoms with van der Waals surface area (Å²) in [7, 11) is 0. The molecule has 1 N–H and O–H groups in total. The molecule has 0 aliphatic carbocycles. The van der Waals surface area contributed by atoms with Crippen LogP contribution in [0, 0.1) is 15.9 Å². The van der Waals surface area contributed by atoms with Crippen molar-refractivity contribution in [1.82, 2.24) is 0 Å². The molecule has 0 radical (unpaired) electrons. The summed E-state index contributed by atoms with van der Waals surface area (Å²) in [6, 6.07) is 16.0. The number of ether oxygens (including phenoxy) is 1. The molecule has 0 aromatic heterocycles. The van der Waals surface area contributed by atoms with E-state index >= 15 is 0 Å². The molecule has 3 aromatic rings. The van der Waals surface area contributed by atoms with Crippen molar-refractivity contribution in [2.45, 2.75) is 19.6 Å². The number of nitro groups is 1. The number of fused-ring (bicyclic) bond motifs is 1. The number of nitro benzene ring substituents is 1. The number of anilines is 2. The molecule has 3 aromatic carbocycles. The molecule has 1 aliphatic rings. The Bertz CT molecular complexity index is 1200. The maximum atomic E-state index is 13.2. The van der Waals surface area contributed by atoms with Crippen molar-refractivity contribution in [2.75, 3.05) is 10.2 Å². The first-order chi connectivity index (χ1) is 15.3. The fraction of sp³-hybridized carbons (Fsp3) is 0.130. The summed E-state index contributed by atoms with van der Waals surface area (Å²) in [6.45, 7) is 1.85. The van der Waals surface area contributed by atoms with Crippen molar-refractivity contribution in [2.24, 2.45) is 0 Å². The lowest BCUT2D eigenvalue weighted by molar-refractivity contribution is -0.384. The van der Waals surface area contributed by atoms with Crippen molar-refractivity contribution in [3.05, 3.63) is 93.8 Å². The smallest absolute Gasteiger partial charge is 0.269 e. The number of hydrogen-bond donors (Lipinski definition) is 1. The highest BCUT2D eigenvalue weighted by Crippen LogP contribution is 2.37. The van der Waals surface area contributed by atoms with Gasteiger partial charge in [0.2, 0.25) is 0 Å². The van der Waals surface area contributed by atoms with Crippen molar-refractivity contribution in [3.8, 4) is 5.75 Å². The van der Waals surface area contributed by atoms with Crippen LogP contribution in [0.25, 0.3) is 0 Å². The molecule has 8 nitrogen and oxygen atoms in total. The van der Waals surface area contributed by atoms with Gasteiger partial charge in [-0.2, -0.15) is 0 Å². The van der Waals surface area contributed by atoms with Crippen LogP contribution in [0.4, 0.5) is 21.5 Å². The Labute approximate surface area is 182 Å². The Balaban J connectivity index is 1.59. The summed E-state index contributed by atoms with van der Waals surface area (Å²) in [5.41, 5.74) is 1.76. The minimum atomic E-state index is -0.691. The number of amides is 2. The van der Waals surface area contributed by atoms with E-state index in [1.807, 2.05) is 0 Å². The van der Waals surface area contributed by atoms with E-state index in [0.717, 1.165) is 5.56 Å². The van der Waals surface area contributed by atoms with Crippen LogP contribution >= 0.6 is 0 Å². The number of nitrogens with one attached hydrogen (secondary N) is 1. The Hall–Kier alpha value is -4.27. The summed E-state index contributed by atoms with van der Waals surface area (Å²) < 4.78 is 18.9. The molecule has 9 heteroatoms. The first-order valence-corrected chi connectivity index (χ1v) is 9.74. The fourth-order valence-electron chi connectivity index (χ4n) is 3.36. The largest absolute Gasteiger partial charge is 0.479 e. The SMILES string of the molecule is CC1Oc2ccc(NC(=O)c3ccc([N+](=O)[O-])cc3)cc2N(Cc2ccc(F)cc2)C1=O. The van der Waals surface area contributed by atoms with Gasteiger partial charge in [-0.05, 0) is 55.0 Å². The van der Waals surface area contributed by atoms with Crippen LogP contribution < -0.4 is 15.0 Å². The fourth-order valence-corrected chi connectivity index (χ4v) is 3.36. The number of halogens is 1. The van der Waals surface area contributed by atoms with E-state index in [2.05, 4.69) is 5.32 Å². The number of rotatable bonds is 5. The van der Waals surface area contributed by atoms with Gasteiger partial charge in [0.1, 0.15) is 11.6 Å². The third-order valence-corrected chi connectivity index (χ3v) is 5.02. The van der Waals surface area contributed by atoms with E-state index in [4.69, 9.17) is 4.74 Å². The number of benzene rings is 3. The molecular weight excluding hydrogens is 417 g/mol. The van der Waals surface area contributed by atoms with E-state index in [-0.39, 0.29) is 29.5 Å². The van der Waals surface area contributed by atoms with Gasteiger partial charge in [0, 0.05) is 23.4 Å². The number of carbonyl (C=O) groups excluding carboxylic acids is 2. The molecule has 0 saturated heterocycles. The highest BCUT2D eigenvalue weighted by Gasteiger charge is 2.32. The van der Waals surface area contributed by atoms with Crippen LogP contribution in [-0.4, -0.2) is 22.8 Å². The molecule has 1 aliphatic heterocycles. The average Bonchev–Trinajstić information content (AvgIpc) is 2.78. The lowest BCUT2D eigenvalue weighted by Crippen LogP contribution is -2.44. The second-order valence-corrected chi connectivity index (χ2v) is 7.25. The Morgan fingerprint density at radius 3 is 2.47 bits per heavy atom. The summed E-state index contributed by atoms with van der Waals surface area (Å²) >= 11 is 0. The molecule has 4 rings (SSSR count). The van der Waals surface area contributed by atoms with Crippen LogP contribution in [0.1, 0.15) is 22.8 Å². The molecule has 32 heavy (non-hydrogen) atoms. The number of nitrogens with zero attached hydrogens (tertiary/aromatic N) is 2. The van der Waals surface area contributed by atoms with Crippen molar-refractivity contribution in [3.63, 3.8) is 0 Å². The van der Waals surface area contributed by atoms with Gasteiger partial charge in [0.25, 0.3) is 17.5 Å². The summed E-state index contributed by atoms with van der Waals surface area (Å²) in [4.78, 5) is 37.1. The maximum absolute atomic E-state index is 13.2. The van der Waals surface area contributed by atoms with Crippen LogP contribution in [0.5, 0.6) is 5.75 Å². The van der Waals surface area contributed by atoms with E-state index < -0.39 is 16.9 Å². The van der Waals surface area contributed by atoms with E-state index in [9.17, 15) is 24.1 Å². The molecule has 0 spiro atoms. The van der Waals surface area contributed by atoms with Gasteiger partial charge in [-0.1, -0.05) is 12.1 Å². The number of carbonyl (C=O) groups is 2. The minimum Gasteiger partial charge on any atom is -0.479 e. The average molecular weight is 435 g/mol. The summed E-state index contributed by atoms with van der Waals surface area (Å²) in [5.74, 6) is -0.610.